The first-order valence-electron chi connectivity index (χ1n) is 4.56. The van der Waals surface area contributed by atoms with Crippen LogP contribution in [0.15, 0.2) is 11.6 Å². The Balaban J connectivity index is 2.40. The van der Waals surface area contributed by atoms with Crippen LogP contribution in [0.2, 0.25) is 0 Å². The molecule has 1 rings (SSSR count). The third-order valence-corrected chi connectivity index (χ3v) is 2.26. The Kier molecular flexibility index (Phi) is 3.32. The molecule has 0 spiro atoms. The Morgan fingerprint density at radius 3 is 3.00 bits per heavy atom. The van der Waals surface area contributed by atoms with Crippen molar-refractivity contribution in [3.8, 4) is 0 Å². The van der Waals surface area contributed by atoms with Gasteiger partial charge in [-0.25, -0.2) is 0 Å². The van der Waals surface area contributed by atoms with Gasteiger partial charge >= 0.3 is 5.97 Å². The fourth-order valence-corrected chi connectivity index (χ4v) is 1.44. The molecule has 0 aromatic rings. The standard InChI is InChI=1S/C10H16O2/c1-3-12-10(11)9-6-4-8(2)5-7-9/h4,9H,3,5-7H2,1-2H3/t9-/m0/s1. The lowest BCUT2D eigenvalue weighted by Crippen LogP contribution is -2.19. The largest absolute Gasteiger partial charge is 0.466 e. The van der Waals surface area contributed by atoms with E-state index in [4.69, 9.17) is 4.74 Å². The van der Waals surface area contributed by atoms with E-state index in [2.05, 4.69) is 13.0 Å². The van der Waals surface area contributed by atoms with Crippen molar-refractivity contribution in [2.24, 2.45) is 5.92 Å². The average molecular weight is 168 g/mol. The molecule has 0 saturated carbocycles. The molecule has 1 aliphatic carbocycles. The number of carbonyl (C=O) groups excluding carboxylic acids is 1. The molecule has 2 nitrogen and oxygen atoms in total. The number of hydrogen-bond acceptors (Lipinski definition) is 2. The highest BCUT2D eigenvalue weighted by atomic mass is 16.5. The molecule has 1 aliphatic rings. The van der Waals surface area contributed by atoms with Crippen LogP contribution in [0.5, 0.6) is 0 Å². The predicted octanol–water partition coefficient (Wildman–Crippen LogP) is 2.30. The van der Waals surface area contributed by atoms with Gasteiger partial charge in [0.05, 0.1) is 12.5 Å². The van der Waals surface area contributed by atoms with Crippen LogP contribution in [0.25, 0.3) is 0 Å². The van der Waals surface area contributed by atoms with E-state index in [9.17, 15) is 4.79 Å². The van der Waals surface area contributed by atoms with Crippen molar-refractivity contribution in [1.29, 1.82) is 0 Å². The number of carbonyl (C=O) groups is 1. The van der Waals surface area contributed by atoms with Gasteiger partial charge in [0.2, 0.25) is 0 Å². The summed E-state index contributed by atoms with van der Waals surface area (Å²) < 4.78 is 4.95. The highest BCUT2D eigenvalue weighted by Gasteiger charge is 2.20. The van der Waals surface area contributed by atoms with E-state index in [0.29, 0.717) is 6.61 Å². The number of rotatable bonds is 2. The number of hydrogen-bond donors (Lipinski definition) is 0. The van der Waals surface area contributed by atoms with E-state index < -0.39 is 0 Å². The molecule has 0 bridgehead atoms. The van der Waals surface area contributed by atoms with Gasteiger partial charge in [0, 0.05) is 0 Å². The zero-order valence-corrected chi connectivity index (χ0v) is 7.80. The van der Waals surface area contributed by atoms with E-state index in [1.54, 1.807) is 0 Å². The second-order valence-corrected chi connectivity index (χ2v) is 3.27. The summed E-state index contributed by atoms with van der Waals surface area (Å²) in [5.41, 5.74) is 1.40. The predicted molar refractivity (Wildman–Crippen MR) is 47.7 cm³/mol. The van der Waals surface area contributed by atoms with Crippen molar-refractivity contribution in [3.63, 3.8) is 0 Å². The molecule has 0 unspecified atom stereocenters. The van der Waals surface area contributed by atoms with Gasteiger partial charge in [0.25, 0.3) is 0 Å². The van der Waals surface area contributed by atoms with Gasteiger partial charge in [-0.15, -0.1) is 0 Å². The summed E-state index contributed by atoms with van der Waals surface area (Å²) in [6.07, 6.45) is 5.01. The van der Waals surface area contributed by atoms with Crippen molar-refractivity contribution in [1.82, 2.24) is 0 Å². The molecule has 0 amide bonds. The maximum atomic E-state index is 11.3. The Bertz CT molecular complexity index is 194. The summed E-state index contributed by atoms with van der Waals surface area (Å²) in [7, 11) is 0. The molecular formula is C10H16O2. The number of allylic oxidation sites excluding steroid dienone is 2. The Hall–Kier alpha value is -0.790. The van der Waals surface area contributed by atoms with Gasteiger partial charge in [0.1, 0.15) is 0 Å². The Labute approximate surface area is 73.6 Å². The minimum Gasteiger partial charge on any atom is -0.466 e. The van der Waals surface area contributed by atoms with Gasteiger partial charge < -0.3 is 4.74 Å². The smallest absolute Gasteiger partial charge is 0.309 e. The van der Waals surface area contributed by atoms with Crippen LogP contribution in [0.4, 0.5) is 0 Å². The average Bonchev–Trinajstić information content (AvgIpc) is 2.06. The molecule has 0 saturated heterocycles. The number of ether oxygens (including phenoxy) is 1. The molecule has 68 valence electrons. The molecule has 1 atom stereocenters. The normalized spacial score (nSPS) is 23.2. The van der Waals surface area contributed by atoms with Crippen molar-refractivity contribution >= 4 is 5.97 Å². The quantitative estimate of drug-likeness (QED) is 0.467. The molecule has 0 aromatic heterocycles. The molecule has 0 aliphatic heterocycles. The van der Waals surface area contributed by atoms with Gasteiger partial charge in [-0.2, -0.15) is 0 Å². The van der Waals surface area contributed by atoms with E-state index in [-0.39, 0.29) is 11.9 Å². The Morgan fingerprint density at radius 1 is 1.75 bits per heavy atom. The highest BCUT2D eigenvalue weighted by Crippen LogP contribution is 2.23. The minimum atomic E-state index is -0.0266. The second-order valence-electron chi connectivity index (χ2n) is 3.27. The first kappa shape index (κ1) is 9.30. The van der Waals surface area contributed by atoms with Crippen LogP contribution >= 0.6 is 0 Å². The molecule has 0 fully saturated rings. The summed E-state index contributed by atoms with van der Waals surface area (Å²) in [4.78, 5) is 11.3. The van der Waals surface area contributed by atoms with Crippen LogP contribution in [-0.4, -0.2) is 12.6 Å². The van der Waals surface area contributed by atoms with Crippen molar-refractivity contribution < 1.29 is 9.53 Å². The SMILES string of the molecule is CCOC(=O)[C@H]1CC=C(C)CC1. The lowest BCUT2D eigenvalue weighted by atomic mass is 9.90. The van der Waals surface area contributed by atoms with Crippen molar-refractivity contribution in [3.05, 3.63) is 11.6 Å². The topological polar surface area (TPSA) is 26.3 Å². The third-order valence-electron chi connectivity index (χ3n) is 2.26. The van der Waals surface area contributed by atoms with Crippen LogP contribution in [0.3, 0.4) is 0 Å². The summed E-state index contributed by atoms with van der Waals surface area (Å²) in [5, 5.41) is 0. The first-order chi connectivity index (χ1) is 5.74. The molecular weight excluding hydrogens is 152 g/mol. The summed E-state index contributed by atoms with van der Waals surface area (Å²) in [6.45, 7) is 4.46. The summed E-state index contributed by atoms with van der Waals surface area (Å²) in [5.74, 6) is 0.0925. The second kappa shape index (κ2) is 4.29. The van der Waals surface area contributed by atoms with Crippen LogP contribution in [-0.2, 0) is 9.53 Å². The Morgan fingerprint density at radius 2 is 2.50 bits per heavy atom. The fraction of sp³-hybridized carbons (Fsp3) is 0.700. The highest BCUT2D eigenvalue weighted by molar-refractivity contribution is 5.72. The van der Waals surface area contributed by atoms with Crippen molar-refractivity contribution in [2.45, 2.75) is 33.1 Å². The van der Waals surface area contributed by atoms with E-state index >= 15 is 0 Å². The lowest BCUT2D eigenvalue weighted by molar-refractivity contribution is -0.148. The van der Waals surface area contributed by atoms with Gasteiger partial charge in [0.15, 0.2) is 0 Å². The molecule has 0 aromatic carbocycles. The van der Waals surface area contributed by atoms with E-state index in [1.165, 1.54) is 5.57 Å². The molecule has 2 heteroatoms. The van der Waals surface area contributed by atoms with E-state index in [0.717, 1.165) is 19.3 Å². The molecule has 0 N–H and O–H groups in total. The number of esters is 1. The van der Waals surface area contributed by atoms with E-state index in [1.807, 2.05) is 6.92 Å². The van der Waals surface area contributed by atoms with Crippen LogP contribution in [0, 0.1) is 5.92 Å². The fourth-order valence-electron chi connectivity index (χ4n) is 1.44. The molecule has 0 heterocycles. The third kappa shape index (κ3) is 2.36. The van der Waals surface area contributed by atoms with Crippen molar-refractivity contribution in [2.75, 3.05) is 6.61 Å². The lowest BCUT2D eigenvalue weighted by Gasteiger charge is -2.18. The zero-order chi connectivity index (χ0) is 8.97. The maximum absolute atomic E-state index is 11.3. The van der Waals surface area contributed by atoms with Gasteiger partial charge in [-0.3, -0.25) is 4.79 Å². The van der Waals surface area contributed by atoms with Gasteiger partial charge in [-0.1, -0.05) is 11.6 Å². The van der Waals surface area contributed by atoms with Crippen LogP contribution in [0.1, 0.15) is 33.1 Å². The monoisotopic (exact) mass is 168 g/mol. The minimum absolute atomic E-state index is 0.0266. The maximum Gasteiger partial charge on any atom is 0.309 e. The first-order valence-corrected chi connectivity index (χ1v) is 4.56. The van der Waals surface area contributed by atoms with Gasteiger partial charge in [-0.05, 0) is 33.1 Å². The zero-order valence-electron chi connectivity index (χ0n) is 7.80. The molecule has 0 radical (unpaired) electrons. The molecule has 12 heavy (non-hydrogen) atoms. The van der Waals surface area contributed by atoms with Crippen LogP contribution < -0.4 is 0 Å². The summed E-state index contributed by atoms with van der Waals surface area (Å²) in [6, 6.07) is 0. The summed E-state index contributed by atoms with van der Waals surface area (Å²) >= 11 is 0.